The average molecular weight is 373 g/mol. The van der Waals surface area contributed by atoms with Crippen LogP contribution in [-0.2, 0) is 0 Å². The second-order valence-electron chi connectivity index (χ2n) is 7.43. The molecule has 4 nitrogen and oxygen atoms in total. The van der Waals surface area contributed by atoms with E-state index in [1.165, 1.54) is 5.56 Å². The van der Waals surface area contributed by atoms with Crippen molar-refractivity contribution in [3.63, 3.8) is 0 Å². The lowest BCUT2D eigenvalue weighted by Gasteiger charge is -2.27. The van der Waals surface area contributed by atoms with Gasteiger partial charge in [-0.25, -0.2) is 0 Å². The second kappa shape index (κ2) is 7.29. The zero-order valence-electron chi connectivity index (χ0n) is 15.1. The molecule has 1 amide bonds. The van der Waals surface area contributed by atoms with Crippen molar-refractivity contribution < 1.29 is 9.90 Å². The molecule has 0 saturated carbocycles. The Kier molecular flexibility index (Phi) is 5.26. The van der Waals surface area contributed by atoms with E-state index in [0.29, 0.717) is 23.4 Å². The molecule has 2 heterocycles. The Morgan fingerprint density at radius 3 is 2.54 bits per heavy atom. The van der Waals surface area contributed by atoms with Crippen LogP contribution >= 0.6 is 12.4 Å². The Hall–Kier alpha value is -2.04. The third-order valence-electron chi connectivity index (χ3n) is 5.77. The average Bonchev–Trinajstić information content (AvgIpc) is 3.13. The van der Waals surface area contributed by atoms with Gasteiger partial charge in [0.15, 0.2) is 0 Å². The van der Waals surface area contributed by atoms with E-state index in [1.54, 1.807) is 18.2 Å². The van der Waals surface area contributed by atoms with Crippen molar-refractivity contribution >= 4 is 18.3 Å². The van der Waals surface area contributed by atoms with Gasteiger partial charge in [-0.05, 0) is 43.1 Å². The first-order chi connectivity index (χ1) is 12.0. The van der Waals surface area contributed by atoms with Crippen LogP contribution in [0.25, 0.3) is 0 Å². The minimum absolute atomic E-state index is 0. The van der Waals surface area contributed by atoms with Crippen LogP contribution < -0.4 is 0 Å². The van der Waals surface area contributed by atoms with Gasteiger partial charge in [0.05, 0.1) is 0 Å². The standard InChI is InChI=1S/C21H24N2O2.ClH/c1-14-8-9-17(24)10-18(14)21(25)23-12-16-11-22(2)20(19(16)13-23)15-6-4-3-5-7-15;/h3-10,16,19-20,24H,11-13H2,1-2H3;1H/t16-,19+,20-;/m0./s1. The number of phenols is 1. The number of nitrogens with zero attached hydrogens (tertiary/aromatic N) is 2. The fourth-order valence-electron chi connectivity index (χ4n) is 4.59. The van der Waals surface area contributed by atoms with E-state index in [9.17, 15) is 9.90 Å². The van der Waals surface area contributed by atoms with Crippen LogP contribution in [0.1, 0.15) is 27.5 Å². The summed E-state index contributed by atoms with van der Waals surface area (Å²) in [7, 11) is 2.18. The first kappa shape index (κ1) is 18.7. The number of halogens is 1. The second-order valence-corrected chi connectivity index (χ2v) is 7.43. The smallest absolute Gasteiger partial charge is 0.254 e. The molecule has 0 bridgehead atoms. The number of aromatic hydroxyl groups is 1. The molecule has 138 valence electrons. The van der Waals surface area contributed by atoms with Crippen molar-refractivity contribution in [2.45, 2.75) is 13.0 Å². The third kappa shape index (κ3) is 3.19. The first-order valence-corrected chi connectivity index (χ1v) is 8.88. The van der Waals surface area contributed by atoms with Crippen molar-refractivity contribution in [2.75, 3.05) is 26.7 Å². The molecule has 0 aliphatic carbocycles. The summed E-state index contributed by atoms with van der Waals surface area (Å²) in [5.41, 5.74) is 2.86. The minimum atomic E-state index is 0. The van der Waals surface area contributed by atoms with Gasteiger partial charge in [0, 0.05) is 37.2 Å². The van der Waals surface area contributed by atoms with E-state index in [0.717, 1.165) is 25.2 Å². The molecule has 4 rings (SSSR count). The number of amides is 1. The minimum Gasteiger partial charge on any atom is -0.508 e. The molecule has 2 fully saturated rings. The molecule has 0 unspecified atom stereocenters. The van der Waals surface area contributed by atoms with Gasteiger partial charge in [-0.15, -0.1) is 12.4 Å². The lowest BCUT2D eigenvalue weighted by molar-refractivity contribution is 0.0766. The largest absolute Gasteiger partial charge is 0.508 e. The van der Waals surface area contributed by atoms with Gasteiger partial charge in [0.25, 0.3) is 5.91 Å². The molecule has 0 aromatic heterocycles. The number of fused-ring (bicyclic) bond motifs is 1. The highest BCUT2D eigenvalue weighted by Gasteiger charge is 2.47. The number of hydrogen-bond acceptors (Lipinski definition) is 3. The quantitative estimate of drug-likeness (QED) is 0.877. The predicted octanol–water partition coefficient (Wildman–Crippen LogP) is 3.50. The van der Waals surface area contributed by atoms with Crippen LogP contribution in [0.15, 0.2) is 48.5 Å². The van der Waals surface area contributed by atoms with Crippen LogP contribution in [0, 0.1) is 18.8 Å². The summed E-state index contributed by atoms with van der Waals surface area (Å²) < 4.78 is 0. The molecule has 2 aliphatic rings. The number of benzene rings is 2. The monoisotopic (exact) mass is 372 g/mol. The van der Waals surface area contributed by atoms with Gasteiger partial charge in [-0.1, -0.05) is 36.4 Å². The van der Waals surface area contributed by atoms with Gasteiger partial charge in [-0.3, -0.25) is 9.69 Å². The molecule has 0 radical (unpaired) electrons. The van der Waals surface area contributed by atoms with Crippen molar-refractivity contribution in [2.24, 2.45) is 11.8 Å². The van der Waals surface area contributed by atoms with Crippen molar-refractivity contribution in [3.05, 3.63) is 65.2 Å². The summed E-state index contributed by atoms with van der Waals surface area (Å²) in [6.07, 6.45) is 0. The molecule has 2 aromatic rings. The summed E-state index contributed by atoms with van der Waals surface area (Å²) in [5, 5.41) is 9.74. The summed E-state index contributed by atoms with van der Waals surface area (Å²) >= 11 is 0. The maximum absolute atomic E-state index is 13.0. The molecule has 5 heteroatoms. The van der Waals surface area contributed by atoms with E-state index in [-0.39, 0.29) is 24.1 Å². The molecule has 2 saturated heterocycles. The van der Waals surface area contributed by atoms with E-state index in [4.69, 9.17) is 0 Å². The van der Waals surface area contributed by atoms with Crippen LogP contribution in [-0.4, -0.2) is 47.5 Å². The molecule has 1 N–H and O–H groups in total. The van der Waals surface area contributed by atoms with Crippen molar-refractivity contribution in [1.82, 2.24) is 9.80 Å². The van der Waals surface area contributed by atoms with Crippen molar-refractivity contribution in [1.29, 1.82) is 0 Å². The van der Waals surface area contributed by atoms with Gasteiger partial charge >= 0.3 is 0 Å². The maximum Gasteiger partial charge on any atom is 0.254 e. The zero-order chi connectivity index (χ0) is 17.6. The lowest BCUT2D eigenvalue weighted by Crippen LogP contribution is -2.33. The summed E-state index contributed by atoms with van der Waals surface area (Å²) in [6.45, 7) is 4.52. The van der Waals surface area contributed by atoms with Crippen LogP contribution in [0.3, 0.4) is 0 Å². The van der Waals surface area contributed by atoms with Crippen LogP contribution in [0.4, 0.5) is 0 Å². The number of carbonyl (C=O) groups excluding carboxylic acids is 1. The molecule has 2 aliphatic heterocycles. The predicted molar refractivity (Wildman–Crippen MR) is 105 cm³/mol. The number of carbonyl (C=O) groups is 1. The fraction of sp³-hybridized carbons (Fsp3) is 0.381. The normalized spacial score (nSPS) is 25.0. The highest BCUT2D eigenvalue weighted by Crippen LogP contribution is 2.44. The fourth-order valence-corrected chi connectivity index (χ4v) is 4.59. The Morgan fingerprint density at radius 2 is 1.81 bits per heavy atom. The van der Waals surface area contributed by atoms with Crippen LogP contribution in [0.5, 0.6) is 5.75 Å². The van der Waals surface area contributed by atoms with Crippen LogP contribution in [0.2, 0.25) is 0 Å². The maximum atomic E-state index is 13.0. The van der Waals surface area contributed by atoms with Gasteiger partial charge in [-0.2, -0.15) is 0 Å². The van der Waals surface area contributed by atoms with Gasteiger partial charge in [0.2, 0.25) is 0 Å². The highest BCUT2D eigenvalue weighted by molar-refractivity contribution is 5.96. The molecule has 26 heavy (non-hydrogen) atoms. The summed E-state index contributed by atoms with van der Waals surface area (Å²) in [6, 6.07) is 16.0. The van der Waals surface area contributed by atoms with Crippen molar-refractivity contribution in [3.8, 4) is 5.75 Å². The summed E-state index contributed by atoms with van der Waals surface area (Å²) in [5.74, 6) is 1.17. The number of hydrogen-bond donors (Lipinski definition) is 1. The topological polar surface area (TPSA) is 43.8 Å². The number of phenolic OH excluding ortho intramolecular Hbond substituents is 1. The Bertz CT molecular complexity index is 796. The lowest BCUT2D eigenvalue weighted by atomic mass is 9.90. The highest BCUT2D eigenvalue weighted by atomic mass is 35.5. The Balaban J connectivity index is 0.00000196. The molecular formula is C21H25ClN2O2. The van der Waals surface area contributed by atoms with E-state index in [1.807, 2.05) is 17.9 Å². The van der Waals surface area contributed by atoms with E-state index >= 15 is 0 Å². The van der Waals surface area contributed by atoms with Gasteiger partial charge in [0.1, 0.15) is 5.75 Å². The molecule has 2 aromatic carbocycles. The SMILES string of the molecule is Cc1ccc(O)cc1C(=O)N1C[C@@H]2CN(C)[C@@H](c3ccccc3)[C@@H]2C1.Cl. The number of likely N-dealkylation sites (tertiary alicyclic amines) is 2. The van der Waals surface area contributed by atoms with E-state index < -0.39 is 0 Å². The van der Waals surface area contributed by atoms with E-state index in [2.05, 4.69) is 36.2 Å². The molecule has 3 atom stereocenters. The molecular weight excluding hydrogens is 348 g/mol. The summed E-state index contributed by atoms with van der Waals surface area (Å²) in [4.78, 5) is 17.4. The third-order valence-corrected chi connectivity index (χ3v) is 5.77. The Morgan fingerprint density at radius 1 is 1.08 bits per heavy atom. The first-order valence-electron chi connectivity index (χ1n) is 8.88. The Labute approximate surface area is 160 Å². The van der Waals surface area contributed by atoms with Gasteiger partial charge < -0.3 is 10.0 Å². The number of rotatable bonds is 2. The molecule has 0 spiro atoms. The number of aryl methyl sites for hydroxylation is 1. The zero-order valence-corrected chi connectivity index (χ0v) is 15.9.